The van der Waals surface area contributed by atoms with E-state index in [9.17, 15) is 4.79 Å². The zero-order valence-corrected chi connectivity index (χ0v) is 14.7. The number of nitrogens with zero attached hydrogens (tertiary/aromatic N) is 1. The Bertz CT molecular complexity index is 572. The van der Waals surface area contributed by atoms with Crippen molar-refractivity contribution in [1.29, 1.82) is 0 Å². The number of halogens is 1. The van der Waals surface area contributed by atoms with Gasteiger partial charge < -0.3 is 14.1 Å². The third-order valence-electron chi connectivity index (χ3n) is 2.98. The first-order valence-corrected chi connectivity index (χ1v) is 8.82. The van der Waals surface area contributed by atoms with Crippen molar-refractivity contribution in [2.24, 2.45) is 0 Å². The van der Waals surface area contributed by atoms with Crippen LogP contribution >= 0.6 is 27.7 Å². The molecule has 1 aromatic heterocycles. The number of carbonyl (C=O) groups excluding carboxylic acids is 1. The van der Waals surface area contributed by atoms with Gasteiger partial charge in [-0.1, -0.05) is 15.9 Å². The fourth-order valence-corrected chi connectivity index (χ4v) is 2.83. The molecule has 1 aromatic carbocycles. The fraction of sp³-hybridized carbons (Fsp3) is 0.312. The minimum Gasteiger partial charge on any atom is -0.492 e. The van der Waals surface area contributed by atoms with Crippen LogP contribution in [0.4, 0.5) is 0 Å². The summed E-state index contributed by atoms with van der Waals surface area (Å²) in [6.07, 6.45) is 1.64. The number of benzene rings is 1. The van der Waals surface area contributed by atoms with E-state index >= 15 is 0 Å². The second-order valence-corrected chi connectivity index (χ2v) is 6.59. The van der Waals surface area contributed by atoms with E-state index in [1.807, 2.05) is 36.4 Å². The number of amides is 1. The van der Waals surface area contributed by atoms with E-state index in [1.54, 1.807) is 30.0 Å². The molecule has 0 aliphatic rings. The van der Waals surface area contributed by atoms with Gasteiger partial charge in [-0.3, -0.25) is 4.79 Å². The zero-order valence-electron chi connectivity index (χ0n) is 12.3. The average molecular weight is 384 g/mol. The van der Waals surface area contributed by atoms with Crippen molar-refractivity contribution < 1.29 is 13.9 Å². The number of thioether (sulfide) groups is 1. The summed E-state index contributed by atoms with van der Waals surface area (Å²) >= 11 is 4.92. The summed E-state index contributed by atoms with van der Waals surface area (Å²) in [5, 5.41) is 0. The molecular weight excluding hydrogens is 366 g/mol. The van der Waals surface area contributed by atoms with E-state index in [-0.39, 0.29) is 5.91 Å². The van der Waals surface area contributed by atoms with Crippen LogP contribution in [0.2, 0.25) is 0 Å². The van der Waals surface area contributed by atoms with Crippen LogP contribution in [-0.2, 0) is 10.5 Å². The molecule has 0 unspecified atom stereocenters. The van der Waals surface area contributed by atoms with Gasteiger partial charge in [-0.15, -0.1) is 11.8 Å². The summed E-state index contributed by atoms with van der Waals surface area (Å²) in [6, 6.07) is 11.4. The highest BCUT2D eigenvalue weighted by Crippen LogP contribution is 2.16. The number of hydrogen-bond acceptors (Lipinski definition) is 4. The second kappa shape index (κ2) is 8.90. The Morgan fingerprint density at radius 3 is 2.77 bits per heavy atom. The normalized spacial score (nSPS) is 10.5. The minimum atomic E-state index is 0.0935. The molecule has 0 fully saturated rings. The van der Waals surface area contributed by atoms with Crippen molar-refractivity contribution in [3.63, 3.8) is 0 Å². The van der Waals surface area contributed by atoms with Crippen molar-refractivity contribution in [2.75, 3.05) is 26.0 Å². The fourth-order valence-electron chi connectivity index (χ4n) is 1.70. The molecule has 0 saturated carbocycles. The van der Waals surface area contributed by atoms with Gasteiger partial charge in [0.1, 0.15) is 18.1 Å². The maximum absolute atomic E-state index is 12.0. The van der Waals surface area contributed by atoms with Crippen LogP contribution in [0, 0.1) is 0 Å². The van der Waals surface area contributed by atoms with E-state index in [0.717, 1.165) is 16.0 Å². The molecule has 0 aliphatic heterocycles. The lowest BCUT2D eigenvalue weighted by molar-refractivity contribution is -0.127. The van der Waals surface area contributed by atoms with Crippen LogP contribution in [-0.4, -0.2) is 36.8 Å². The van der Waals surface area contributed by atoms with Gasteiger partial charge in [0.05, 0.1) is 24.3 Å². The Morgan fingerprint density at radius 1 is 1.32 bits per heavy atom. The van der Waals surface area contributed by atoms with Crippen LogP contribution in [0.25, 0.3) is 0 Å². The van der Waals surface area contributed by atoms with Gasteiger partial charge in [-0.05, 0) is 36.4 Å². The van der Waals surface area contributed by atoms with Crippen LogP contribution < -0.4 is 4.74 Å². The molecule has 2 aromatic rings. The molecule has 0 saturated heterocycles. The molecule has 2 rings (SSSR count). The van der Waals surface area contributed by atoms with E-state index in [1.165, 1.54) is 0 Å². The second-order valence-electron chi connectivity index (χ2n) is 4.69. The molecule has 6 heteroatoms. The summed E-state index contributed by atoms with van der Waals surface area (Å²) in [6.45, 7) is 1.04. The van der Waals surface area contributed by atoms with Crippen LogP contribution in [0.5, 0.6) is 5.75 Å². The number of rotatable bonds is 8. The minimum absolute atomic E-state index is 0.0935. The summed E-state index contributed by atoms with van der Waals surface area (Å²) in [4.78, 5) is 13.7. The number of ether oxygens (including phenoxy) is 1. The van der Waals surface area contributed by atoms with Crippen molar-refractivity contribution in [1.82, 2.24) is 4.90 Å². The van der Waals surface area contributed by atoms with Crippen molar-refractivity contribution >= 4 is 33.6 Å². The van der Waals surface area contributed by atoms with E-state index < -0.39 is 0 Å². The lowest BCUT2D eigenvalue weighted by Crippen LogP contribution is -2.32. The third kappa shape index (κ3) is 5.77. The first-order valence-electron chi connectivity index (χ1n) is 6.87. The SMILES string of the molecule is CN(CCOc1ccc(Br)cc1)C(=O)CSCc1ccco1. The molecule has 0 N–H and O–H groups in total. The molecule has 1 heterocycles. The number of furan rings is 1. The summed E-state index contributed by atoms with van der Waals surface area (Å²) in [5.74, 6) is 2.93. The third-order valence-corrected chi connectivity index (χ3v) is 4.45. The van der Waals surface area contributed by atoms with E-state index in [4.69, 9.17) is 9.15 Å². The van der Waals surface area contributed by atoms with Gasteiger partial charge >= 0.3 is 0 Å². The predicted molar refractivity (Wildman–Crippen MR) is 92.1 cm³/mol. The first kappa shape index (κ1) is 17.0. The Labute approximate surface area is 142 Å². The maximum Gasteiger partial charge on any atom is 0.232 e. The molecular formula is C16H18BrNO3S. The highest BCUT2D eigenvalue weighted by atomic mass is 79.9. The highest BCUT2D eigenvalue weighted by molar-refractivity contribution is 9.10. The smallest absolute Gasteiger partial charge is 0.232 e. The number of carbonyl (C=O) groups is 1. The van der Waals surface area contributed by atoms with Crippen molar-refractivity contribution in [2.45, 2.75) is 5.75 Å². The molecule has 118 valence electrons. The number of likely N-dealkylation sites (N-methyl/N-ethyl adjacent to an activating group) is 1. The highest BCUT2D eigenvalue weighted by Gasteiger charge is 2.09. The standard InChI is InChI=1S/C16H18BrNO3S/c1-18(8-10-21-14-6-4-13(17)5-7-14)16(19)12-22-11-15-3-2-9-20-15/h2-7,9H,8,10-12H2,1H3. The Hall–Kier alpha value is -1.40. The Morgan fingerprint density at radius 2 is 2.09 bits per heavy atom. The topological polar surface area (TPSA) is 42.7 Å². The lowest BCUT2D eigenvalue weighted by Gasteiger charge is -2.17. The predicted octanol–water partition coefficient (Wildman–Crippen LogP) is 3.81. The van der Waals surface area contributed by atoms with Crippen LogP contribution in [0.3, 0.4) is 0 Å². The summed E-state index contributed by atoms with van der Waals surface area (Å²) < 4.78 is 11.9. The van der Waals surface area contributed by atoms with Crippen LogP contribution in [0.15, 0.2) is 51.6 Å². The maximum atomic E-state index is 12.0. The van der Waals surface area contributed by atoms with Gasteiger partial charge in [0.25, 0.3) is 0 Å². The molecule has 0 bridgehead atoms. The van der Waals surface area contributed by atoms with Gasteiger partial charge in [0.2, 0.25) is 5.91 Å². The van der Waals surface area contributed by atoms with Gasteiger partial charge in [0, 0.05) is 11.5 Å². The van der Waals surface area contributed by atoms with Gasteiger partial charge in [-0.2, -0.15) is 0 Å². The lowest BCUT2D eigenvalue weighted by atomic mass is 10.3. The quantitative estimate of drug-likeness (QED) is 0.694. The summed E-state index contributed by atoms with van der Waals surface area (Å²) in [7, 11) is 1.79. The molecule has 1 amide bonds. The zero-order chi connectivity index (χ0) is 15.8. The monoisotopic (exact) mass is 383 g/mol. The Kier molecular flexibility index (Phi) is 6.86. The first-order chi connectivity index (χ1) is 10.6. The molecule has 0 radical (unpaired) electrons. The van der Waals surface area contributed by atoms with Gasteiger partial charge in [-0.25, -0.2) is 0 Å². The number of hydrogen-bond donors (Lipinski definition) is 0. The Balaban J connectivity index is 1.62. The van der Waals surface area contributed by atoms with Crippen molar-refractivity contribution in [3.8, 4) is 5.75 Å². The van der Waals surface area contributed by atoms with Gasteiger partial charge in [0.15, 0.2) is 0 Å². The van der Waals surface area contributed by atoms with Crippen LogP contribution in [0.1, 0.15) is 5.76 Å². The largest absolute Gasteiger partial charge is 0.492 e. The molecule has 22 heavy (non-hydrogen) atoms. The molecule has 4 nitrogen and oxygen atoms in total. The van der Waals surface area contributed by atoms with Crippen molar-refractivity contribution in [3.05, 3.63) is 52.9 Å². The summed E-state index contributed by atoms with van der Waals surface area (Å²) in [5.41, 5.74) is 0. The van der Waals surface area contributed by atoms with E-state index in [2.05, 4.69) is 15.9 Å². The van der Waals surface area contributed by atoms with E-state index in [0.29, 0.717) is 24.7 Å². The molecule has 0 aliphatic carbocycles. The molecule has 0 atom stereocenters. The average Bonchev–Trinajstić information content (AvgIpc) is 3.02. The molecule has 0 spiro atoms.